The number of nitrogens with two attached hydrogens (primary N) is 2. The predicted octanol–water partition coefficient (Wildman–Crippen LogP) is 2.35. The number of anilines is 1. The maximum absolute atomic E-state index is 12.5. The van der Waals surface area contributed by atoms with Crippen LogP contribution in [0.3, 0.4) is 0 Å². The molecule has 0 radical (unpaired) electrons. The summed E-state index contributed by atoms with van der Waals surface area (Å²) in [4.78, 5) is 10.9. The Bertz CT molecular complexity index is 457. The van der Waals surface area contributed by atoms with E-state index in [9.17, 15) is 18.0 Å². The van der Waals surface area contributed by atoms with Crippen LogP contribution in [0.25, 0.3) is 0 Å². The summed E-state index contributed by atoms with van der Waals surface area (Å²) in [5, 5.41) is -0.519. The number of rotatable bonds is 1. The zero-order valence-electron chi connectivity index (χ0n) is 8.15. The minimum absolute atomic E-state index is 0.00899. The first kappa shape index (κ1) is 12.6. The Kier molecular flexibility index (Phi) is 3.05. The highest BCUT2D eigenvalue weighted by molar-refractivity contribution is 6.33. The molecule has 0 aromatic heterocycles. The molecule has 0 aliphatic rings. The largest absolute Gasteiger partial charge is 0.417 e. The molecule has 0 atom stereocenters. The minimum atomic E-state index is -4.65. The molecule has 7 heteroatoms. The van der Waals surface area contributed by atoms with Crippen LogP contribution in [0.5, 0.6) is 0 Å². The lowest BCUT2D eigenvalue weighted by Crippen LogP contribution is -2.17. The van der Waals surface area contributed by atoms with Crippen molar-refractivity contribution in [1.82, 2.24) is 0 Å². The van der Waals surface area contributed by atoms with Gasteiger partial charge in [-0.15, -0.1) is 0 Å². The second-order valence-corrected chi connectivity index (χ2v) is 3.56. The van der Waals surface area contributed by atoms with Crippen LogP contribution in [-0.2, 0) is 6.18 Å². The fourth-order valence-electron chi connectivity index (χ4n) is 1.22. The fraction of sp³-hybridized carbons (Fsp3) is 0.222. The van der Waals surface area contributed by atoms with Gasteiger partial charge < -0.3 is 11.5 Å². The van der Waals surface area contributed by atoms with Gasteiger partial charge in [-0.1, -0.05) is 11.6 Å². The van der Waals surface area contributed by atoms with E-state index in [1.807, 2.05) is 0 Å². The molecule has 3 nitrogen and oxygen atoms in total. The minimum Gasteiger partial charge on any atom is -0.398 e. The van der Waals surface area contributed by atoms with Gasteiger partial charge in [0.1, 0.15) is 0 Å². The number of hydrogen-bond acceptors (Lipinski definition) is 2. The molecule has 0 aliphatic carbocycles. The first-order valence-electron chi connectivity index (χ1n) is 4.11. The molecule has 0 saturated carbocycles. The summed E-state index contributed by atoms with van der Waals surface area (Å²) in [6, 6.07) is 0.562. The number of carbonyl (C=O) groups is 1. The van der Waals surface area contributed by atoms with E-state index < -0.39 is 22.7 Å². The second-order valence-electron chi connectivity index (χ2n) is 3.19. The van der Waals surface area contributed by atoms with Crippen molar-refractivity contribution in [3.8, 4) is 0 Å². The van der Waals surface area contributed by atoms with Crippen molar-refractivity contribution in [2.45, 2.75) is 13.1 Å². The highest BCUT2D eigenvalue weighted by Gasteiger charge is 2.35. The van der Waals surface area contributed by atoms with Crippen LogP contribution in [0.2, 0.25) is 5.02 Å². The lowest BCUT2D eigenvalue weighted by molar-refractivity contribution is -0.137. The van der Waals surface area contributed by atoms with E-state index in [1.165, 1.54) is 6.92 Å². The standard InChI is InChI=1S/C9H8ClF3N2O/c1-3-6(10)5(9(11,12)13)2-4(7(3)14)8(15)16/h2H,14H2,1H3,(H2,15,16). The van der Waals surface area contributed by atoms with Gasteiger partial charge in [0.2, 0.25) is 0 Å². The molecule has 4 N–H and O–H groups in total. The Balaban J connectivity index is 3.61. The highest BCUT2D eigenvalue weighted by Crippen LogP contribution is 2.39. The van der Waals surface area contributed by atoms with E-state index in [-0.39, 0.29) is 16.8 Å². The van der Waals surface area contributed by atoms with Gasteiger partial charge in [0.05, 0.1) is 16.1 Å². The Hall–Kier alpha value is -1.43. The predicted molar refractivity (Wildman–Crippen MR) is 54.1 cm³/mol. The number of nitrogen functional groups attached to an aromatic ring is 1. The van der Waals surface area contributed by atoms with Gasteiger partial charge in [-0.3, -0.25) is 4.79 Å². The highest BCUT2D eigenvalue weighted by atomic mass is 35.5. The maximum Gasteiger partial charge on any atom is 0.417 e. The van der Waals surface area contributed by atoms with Crippen molar-refractivity contribution >= 4 is 23.2 Å². The number of halogens is 4. The third kappa shape index (κ3) is 2.06. The van der Waals surface area contributed by atoms with E-state index in [4.69, 9.17) is 23.1 Å². The van der Waals surface area contributed by atoms with E-state index in [1.54, 1.807) is 0 Å². The van der Waals surface area contributed by atoms with Crippen LogP contribution in [0.1, 0.15) is 21.5 Å². The van der Waals surface area contributed by atoms with Gasteiger partial charge >= 0.3 is 6.18 Å². The van der Waals surface area contributed by atoms with Crippen molar-refractivity contribution in [2.24, 2.45) is 5.73 Å². The molecule has 1 amide bonds. The fourth-order valence-corrected chi connectivity index (χ4v) is 1.48. The molecular weight excluding hydrogens is 245 g/mol. The van der Waals surface area contributed by atoms with Crippen LogP contribution < -0.4 is 11.5 Å². The Morgan fingerprint density at radius 2 is 1.94 bits per heavy atom. The SMILES string of the molecule is Cc1c(N)c(C(N)=O)cc(C(F)(F)F)c1Cl. The third-order valence-electron chi connectivity index (χ3n) is 2.12. The Morgan fingerprint density at radius 3 is 2.31 bits per heavy atom. The van der Waals surface area contributed by atoms with E-state index in [0.717, 1.165) is 0 Å². The van der Waals surface area contributed by atoms with Crippen LogP contribution >= 0.6 is 11.6 Å². The Labute approximate surface area is 94.2 Å². The number of primary amides is 1. The molecule has 1 aromatic carbocycles. The van der Waals surface area contributed by atoms with Gasteiger partial charge in [0, 0.05) is 5.69 Å². The molecule has 1 rings (SSSR count). The summed E-state index contributed by atoms with van der Waals surface area (Å²) < 4.78 is 37.6. The van der Waals surface area contributed by atoms with Crippen LogP contribution in [0, 0.1) is 6.92 Å². The van der Waals surface area contributed by atoms with E-state index in [2.05, 4.69) is 0 Å². The van der Waals surface area contributed by atoms with Gasteiger partial charge in [0.15, 0.2) is 0 Å². The molecule has 88 valence electrons. The van der Waals surface area contributed by atoms with Crippen molar-refractivity contribution < 1.29 is 18.0 Å². The summed E-state index contributed by atoms with van der Waals surface area (Å²) >= 11 is 5.51. The van der Waals surface area contributed by atoms with Gasteiger partial charge in [-0.25, -0.2) is 0 Å². The monoisotopic (exact) mass is 252 g/mol. The average molecular weight is 253 g/mol. The number of hydrogen-bond donors (Lipinski definition) is 2. The first-order chi connectivity index (χ1) is 7.16. The Morgan fingerprint density at radius 1 is 1.44 bits per heavy atom. The van der Waals surface area contributed by atoms with Crippen LogP contribution in [0.4, 0.5) is 18.9 Å². The number of amides is 1. The zero-order valence-corrected chi connectivity index (χ0v) is 8.91. The molecule has 0 fully saturated rings. The maximum atomic E-state index is 12.5. The van der Waals surface area contributed by atoms with Gasteiger partial charge in [-0.2, -0.15) is 13.2 Å². The normalized spacial score (nSPS) is 11.6. The van der Waals surface area contributed by atoms with Crippen molar-refractivity contribution in [1.29, 1.82) is 0 Å². The van der Waals surface area contributed by atoms with Crippen molar-refractivity contribution in [3.05, 3.63) is 27.8 Å². The van der Waals surface area contributed by atoms with Crippen molar-refractivity contribution in [2.75, 3.05) is 5.73 Å². The first-order valence-corrected chi connectivity index (χ1v) is 4.49. The molecule has 0 saturated heterocycles. The summed E-state index contributed by atoms with van der Waals surface area (Å²) in [5.41, 5.74) is 8.72. The molecule has 0 unspecified atom stereocenters. The van der Waals surface area contributed by atoms with E-state index in [0.29, 0.717) is 6.07 Å². The number of alkyl halides is 3. The summed E-state index contributed by atoms with van der Waals surface area (Å²) in [6.45, 7) is 1.29. The lowest BCUT2D eigenvalue weighted by Gasteiger charge is -2.14. The molecule has 0 heterocycles. The zero-order chi connectivity index (χ0) is 12.7. The van der Waals surface area contributed by atoms with Crippen LogP contribution in [-0.4, -0.2) is 5.91 Å². The molecule has 1 aromatic rings. The van der Waals surface area contributed by atoms with Crippen LogP contribution in [0.15, 0.2) is 6.07 Å². The number of benzene rings is 1. The topological polar surface area (TPSA) is 69.1 Å². The van der Waals surface area contributed by atoms with Gasteiger partial charge in [-0.05, 0) is 18.6 Å². The molecule has 0 bridgehead atoms. The van der Waals surface area contributed by atoms with Crippen molar-refractivity contribution in [3.63, 3.8) is 0 Å². The quantitative estimate of drug-likeness (QED) is 0.753. The number of carbonyl (C=O) groups excluding carboxylic acids is 1. The van der Waals surface area contributed by atoms with Gasteiger partial charge in [0.25, 0.3) is 5.91 Å². The molecule has 0 aliphatic heterocycles. The molecule has 16 heavy (non-hydrogen) atoms. The summed E-state index contributed by atoms with van der Waals surface area (Å²) in [7, 11) is 0. The lowest BCUT2D eigenvalue weighted by atomic mass is 10.0. The average Bonchev–Trinajstić information content (AvgIpc) is 2.11. The molecular formula is C9H8ClF3N2O. The second kappa shape index (κ2) is 3.86. The third-order valence-corrected chi connectivity index (χ3v) is 2.61. The smallest absolute Gasteiger partial charge is 0.398 e. The molecule has 0 spiro atoms. The summed E-state index contributed by atoms with van der Waals surface area (Å²) in [6.07, 6.45) is -4.65. The van der Waals surface area contributed by atoms with E-state index >= 15 is 0 Å². The summed E-state index contributed by atoms with van der Waals surface area (Å²) in [5.74, 6) is -1.03.